The molecule has 1 aliphatic rings. The van der Waals surface area contributed by atoms with Crippen molar-refractivity contribution in [1.82, 2.24) is 4.72 Å². The maximum Gasteiger partial charge on any atom is 0.244 e. The zero-order chi connectivity index (χ0) is 14.2. The van der Waals surface area contributed by atoms with E-state index in [2.05, 4.69) is 4.72 Å². The monoisotopic (exact) mass is 302 g/mol. The number of anilines is 1. The number of carbonyl (C=O) groups is 1. The van der Waals surface area contributed by atoms with Crippen molar-refractivity contribution in [2.75, 3.05) is 17.7 Å². The van der Waals surface area contributed by atoms with Crippen LogP contribution in [0.15, 0.2) is 18.2 Å². The third-order valence-electron chi connectivity index (χ3n) is 2.97. The van der Waals surface area contributed by atoms with E-state index in [4.69, 9.17) is 11.6 Å². The highest BCUT2D eigenvalue weighted by molar-refractivity contribution is 7.88. The molecule has 0 radical (unpaired) electrons. The van der Waals surface area contributed by atoms with Gasteiger partial charge in [-0.25, -0.2) is 13.1 Å². The largest absolute Gasteiger partial charge is 0.310 e. The van der Waals surface area contributed by atoms with Crippen LogP contribution in [0.5, 0.6) is 0 Å². The third-order valence-corrected chi connectivity index (χ3v) is 3.99. The van der Waals surface area contributed by atoms with Gasteiger partial charge in [-0.15, -0.1) is 0 Å². The van der Waals surface area contributed by atoms with E-state index in [0.717, 1.165) is 23.9 Å². The van der Waals surface area contributed by atoms with Gasteiger partial charge in [0.05, 0.1) is 12.3 Å². The van der Waals surface area contributed by atoms with Crippen molar-refractivity contribution < 1.29 is 13.2 Å². The van der Waals surface area contributed by atoms with Crippen molar-refractivity contribution in [3.63, 3.8) is 0 Å². The summed E-state index contributed by atoms with van der Waals surface area (Å²) in [6, 6.07) is 4.61. The van der Waals surface area contributed by atoms with Crippen LogP contribution in [0.3, 0.4) is 0 Å². The molecule has 2 rings (SSSR count). The molecule has 0 aromatic heterocycles. The first-order valence-electron chi connectivity index (χ1n) is 5.85. The summed E-state index contributed by atoms with van der Waals surface area (Å²) in [6.07, 6.45) is 1.79. The first-order chi connectivity index (χ1) is 8.78. The Balaban J connectivity index is 2.21. The summed E-state index contributed by atoms with van der Waals surface area (Å²) in [4.78, 5) is 13.8. The smallest absolute Gasteiger partial charge is 0.244 e. The molecular formula is C12H15ClN2O3S. The first-order valence-corrected chi connectivity index (χ1v) is 8.12. The molecule has 0 saturated heterocycles. The van der Waals surface area contributed by atoms with Crippen LogP contribution in [0.1, 0.15) is 12.5 Å². The predicted molar refractivity (Wildman–Crippen MR) is 75.0 cm³/mol. The Morgan fingerprint density at radius 3 is 2.79 bits per heavy atom. The number of nitrogens with one attached hydrogen (secondary N) is 1. The van der Waals surface area contributed by atoms with E-state index in [-0.39, 0.29) is 5.91 Å². The zero-order valence-corrected chi connectivity index (χ0v) is 12.3. The molecule has 0 fully saturated rings. The van der Waals surface area contributed by atoms with Gasteiger partial charge in [0.15, 0.2) is 0 Å². The van der Waals surface area contributed by atoms with Gasteiger partial charge in [0.25, 0.3) is 0 Å². The molecule has 7 heteroatoms. The Kier molecular flexibility index (Phi) is 3.85. The summed E-state index contributed by atoms with van der Waals surface area (Å²) < 4.78 is 24.6. The number of rotatable bonds is 3. The molecule has 19 heavy (non-hydrogen) atoms. The number of nitrogens with zero attached hydrogens (tertiary/aromatic N) is 1. The Morgan fingerprint density at radius 1 is 1.47 bits per heavy atom. The van der Waals surface area contributed by atoms with Crippen LogP contribution in [-0.4, -0.2) is 33.2 Å². The van der Waals surface area contributed by atoms with Crippen LogP contribution >= 0.6 is 11.6 Å². The molecule has 1 atom stereocenters. The minimum atomic E-state index is -3.41. The molecule has 1 aromatic rings. The van der Waals surface area contributed by atoms with E-state index in [1.807, 2.05) is 6.07 Å². The third kappa shape index (κ3) is 3.26. The molecule has 5 nitrogen and oxygen atoms in total. The highest BCUT2D eigenvalue weighted by Gasteiger charge is 2.29. The Morgan fingerprint density at radius 2 is 2.16 bits per heavy atom. The van der Waals surface area contributed by atoms with Gasteiger partial charge in [-0.1, -0.05) is 17.7 Å². The number of hydrogen-bond donors (Lipinski definition) is 1. The van der Waals surface area contributed by atoms with Gasteiger partial charge in [0.1, 0.15) is 0 Å². The van der Waals surface area contributed by atoms with Gasteiger partial charge in [-0.3, -0.25) is 4.79 Å². The van der Waals surface area contributed by atoms with Gasteiger partial charge in [-0.2, -0.15) is 0 Å². The SMILES string of the molecule is CC(NS(C)(=O)=O)C(=O)N1CCc2ccc(Cl)cc21. The van der Waals surface area contributed by atoms with E-state index in [0.29, 0.717) is 11.6 Å². The standard InChI is InChI=1S/C12H15ClN2O3S/c1-8(14-19(2,17)18)12(16)15-6-5-9-3-4-10(13)7-11(9)15/h3-4,7-8,14H,5-6H2,1-2H3. The molecule has 0 saturated carbocycles. The normalized spacial score (nSPS) is 16.3. The van der Waals surface area contributed by atoms with Gasteiger partial charge in [0, 0.05) is 17.3 Å². The maximum atomic E-state index is 12.3. The average molecular weight is 303 g/mol. The minimum Gasteiger partial charge on any atom is -0.310 e. The fraction of sp³-hybridized carbons (Fsp3) is 0.417. The quantitative estimate of drug-likeness (QED) is 0.911. The molecule has 1 aliphatic heterocycles. The maximum absolute atomic E-state index is 12.3. The fourth-order valence-electron chi connectivity index (χ4n) is 2.19. The number of halogens is 1. The lowest BCUT2D eigenvalue weighted by molar-refractivity contribution is -0.119. The van der Waals surface area contributed by atoms with Crippen LogP contribution < -0.4 is 9.62 Å². The summed E-state index contributed by atoms with van der Waals surface area (Å²) in [7, 11) is -3.41. The number of carbonyl (C=O) groups excluding carboxylic acids is 1. The van der Waals surface area contributed by atoms with E-state index >= 15 is 0 Å². The number of hydrogen-bond acceptors (Lipinski definition) is 3. The molecule has 0 bridgehead atoms. The van der Waals surface area contributed by atoms with E-state index in [1.165, 1.54) is 6.92 Å². The summed E-state index contributed by atoms with van der Waals surface area (Å²) >= 11 is 5.93. The zero-order valence-electron chi connectivity index (χ0n) is 10.7. The molecule has 1 heterocycles. The molecule has 0 aliphatic carbocycles. The van der Waals surface area contributed by atoms with Crippen LogP contribution in [-0.2, 0) is 21.2 Å². The average Bonchev–Trinajstić information content (AvgIpc) is 2.68. The Bertz CT molecular complexity index is 615. The van der Waals surface area contributed by atoms with Crippen LogP contribution in [0.4, 0.5) is 5.69 Å². The topological polar surface area (TPSA) is 66.5 Å². The van der Waals surface area contributed by atoms with E-state index in [1.54, 1.807) is 17.0 Å². The number of benzene rings is 1. The number of sulfonamides is 1. The molecule has 0 spiro atoms. The summed E-state index contributed by atoms with van der Waals surface area (Å²) in [5, 5.41) is 0.558. The van der Waals surface area contributed by atoms with Gasteiger partial charge >= 0.3 is 0 Å². The fourth-order valence-corrected chi connectivity index (χ4v) is 3.10. The van der Waals surface area contributed by atoms with Gasteiger partial charge < -0.3 is 4.90 Å². The van der Waals surface area contributed by atoms with Gasteiger partial charge in [-0.05, 0) is 31.0 Å². The van der Waals surface area contributed by atoms with Crippen LogP contribution in [0.2, 0.25) is 5.02 Å². The van der Waals surface area contributed by atoms with Crippen molar-refractivity contribution in [1.29, 1.82) is 0 Å². The lowest BCUT2D eigenvalue weighted by Crippen LogP contribution is -2.46. The van der Waals surface area contributed by atoms with Crippen LogP contribution in [0.25, 0.3) is 0 Å². The lowest BCUT2D eigenvalue weighted by Gasteiger charge is -2.21. The second-order valence-corrected chi connectivity index (χ2v) is 6.84. The second-order valence-electron chi connectivity index (χ2n) is 4.62. The number of amides is 1. The van der Waals surface area contributed by atoms with Gasteiger partial charge in [0.2, 0.25) is 15.9 Å². The summed E-state index contributed by atoms with van der Waals surface area (Å²) in [6.45, 7) is 2.08. The highest BCUT2D eigenvalue weighted by Crippen LogP contribution is 2.31. The molecule has 1 unspecified atom stereocenters. The van der Waals surface area contributed by atoms with Crippen molar-refractivity contribution in [2.45, 2.75) is 19.4 Å². The molecular weight excluding hydrogens is 288 g/mol. The minimum absolute atomic E-state index is 0.272. The first kappa shape index (κ1) is 14.3. The van der Waals surface area contributed by atoms with Crippen molar-refractivity contribution in [2.24, 2.45) is 0 Å². The lowest BCUT2D eigenvalue weighted by atomic mass is 10.2. The highest BCUT2D eigenvalue weighted by atomic mass is 35.5. The molecule has 1 aromatic carbocycles. The Hall–Kier alpha value is -1.11. The van der Waals surface area contributed by atoms with Crippen molar-refractivity contribution in [3.05, 3.63) is 28.8 Å². The van der Waals surface area contributed by atoms with Crippen molar-refractivity contribution >= 4 is 33.2 Å². The van der Waals surface area contributed by atoms with Crippen LogP contribution in [0, 0.1) is 0 Å². The van der Waals surface area contributed by atoms with Crippen molar-refractivity contribution in [3.8, 4) is 0 Å². The van der Waals surface area contributed by atoms with E-state index in [9.17, 15) is 13.2 Å². The molecule has 1 N–H and O–H groups in total. The summed E-state index contributed by atoms with van der Waals surface area (Å²) in [5.74, 6) is -0.272. The second kappa shape index (κ2) is 5.11. The molecule has 1 amide bonds. The predicted octanol–water partition coefficient (Wildman–Crippen LogP) is 1.17. The summed E-state index contributed by atoms with van der Waals surface area (Å²) in [5.41, 5.74) is 1.81. The number of fused-ring (bicyclic) bond motifs is 1. The van der Waals surface area contributed by atoms with E-state index < -0.39 is 16.1 Å². The Labute approximate surface area is 117 Å². The molecule has 104 valence electrons.